The van der Waals surface area contributed by atoms with Crippen LogP contribution in [0.3, 0.4) is 0 Å². The largest absolute Gasteiger partial charge is 0.508 e. The molecule has 4 rings (SSSR count). The van der Waals surface area contributed by atoms with Crippen LogP contribution in [0.1, 0.15) is 18.9 Å². The van der Waals surface area contributed by atoms with Crippen molar-refractivity contribution in [3.05, 3.63) is 78.4 Å². The van der Waals surface area contributed by atoms with Gasteiger partial charge in [-0.25, -0.2) is 5.43 Å². The monoisotopic (exact) mass is 371 g/mol. The molecule has 1 heterocycles. The molecule has 1 amide bonds. The number of aryl methyl sites for hydroxylation is 1. The smallest absolute Gasteiger partial charge is 0.241 e. The Bertz CT molecular complexity index is 1120. The number of phenols is 1. The lowest BCUT2D eigenvalue weighted by atomic mass is 10.1. The zero-order chi connectivity index (χ0) is 19.5. The molecule has 0 saturated heterocycles. The predicted molar refractivity (Wildman–Crippen MR) is 113 cm³/mol. The van der Waals surface area contributed by atoms with Crippen LogP contribution in [0.25, 0.3) is 21.8 Å². The number of phenolic OH excluding ortho intramolecular Hbond substituents is 1. The van der Waals surface area contributed by atoms with E-state index in [0.29, 0.717) is 18.7 Å². The Labute approximate surface area is 162 Å². The van der Waals surface area contributed by atoms with E-state index in [1.54, 1.807) is 24.3 Å². The van der Waals surface area contributed by atoms with Crippen molar-refractivity contribution in [2.45, 2.75) is 19.9 Å². The van der Waals surface area contributed by atoms with Crippen LogP contribution in [0.4, 0.5) is 0 Å². The second-order valence-corrected chi connectivity index (χ2v) is 6.72. The van der Waals surface area contributed by atoms with Crippen molar-refractivity contribution in [2.75, 3.05) is 0 Å². The molecule has 140 valence electrons. The Hall–Kier alpha value is -3.60. The number of amides is 1. The molecule has 0 bridgehead atoms. The molecule has 28 heavy (non-hydrogen) atoms. The van der Waals surface area contributed by atoms with Crippen LogP contribution in [-0.2, 0) is 11.3 Å². The van der Waals surface area contributed by atoms with Gasteiger partial charge >= 0.3 is 0 Å². The molecule has 0 spiro atoms. The molecule has 0 aliphatic heterocycles. The minimum Gasteiger partial charge on any atom is -0.508 e. The summed E-state index contributed by atoms with van der Waals surface area (Å²) in [4.78, 5) is 12.3. The van der Waals surface area contributed by atoms with Gasteiger partial charge in [0.15, 0.2) is 0 Å². The van der Waals surface area contributed by atoms with Crippen molar-refractivity contribution in [3.63, 3.8) is 0 Å². The Kier molecular flexibility index (Phi) is 4.81. The molecule has 0 saturated carbocycles. The fourth-order valence-electron chi connectivity index (χ4n) is 3.43. The molecule has 5 nitrogen and oxygen atoms in total. The summed E-state index contributed by atoms with van der Waals surface area (Å²) in [5, 5.41) is 15.9. The Balaban J connectivity index is 1.49. The summed E-state index contributed by atoms with van der Waals surface area (Å²) in [7, 11) is 0. The number of hydrazone groups is 1. The summed E-state index contributed by atoms with van der Waals surface area (Å²) in [6, 6.07) is 23.2. The van der Waals surface area contributed by atoms with E-state index >= 15 is 0 Å². The Morgan fingerprint density at radius 1 is 0.929 bits per heavy atom. The molecule has 0 aliphatic rings. The molecular formula is C23H21N3O2. The normalized spacial score (nSPS) is 11.8. The zero-order valence-electron chi connectivity index (χ0n) is 15.6. The molecule has 1 aromatic heterocycles. The molecule has 0 fully saturated rings. The van der Waals surface area contributed by atoms with Gasteiger partial charge in [0.05, 0.1) is 5.71 Å². The van der Waals surface area contributed by atoms with E-state index in [2.05, 4.69) is 39.4 Å². The minimum absolute atomic E-state index is 0.139. The van der Waals surface area contributed by atoms with E-state index < -0.39 is 0 Å². The number of aromatic hydroxyl groups is 1. The van der Waals surface area contributed by atoms with Gasteiger partial charge in [0, 0.05) is 34.8 Å². The average Bonchev–Trinajstić information content (AvgIpc) is 3.05. The van der Waals surface area contributed by atoms with E-state index in [0.717, 1.165) is 16.6 Å². The van der Waals surface area contributed by atoms with Crippen molar-refractivity contribution in [1.82, 2.24) is 9.99 Å². The van der Waals surface area contributed by atoms with Gasteiger partial charge in [0.2, 0.25) is 5.91 Å². The summed E-state index contributed by atoms with van der Waals surface area (Å²) in [5.74, 6) is 0.0618. The highest BCUT2D eigenvalue weighted by Gasteiger charge is 2.11. The number of para-hydroxylation sites is 2. The van der Waals surface area contributed by atoms with E-state index in [-0.39, 0.29) is 11.7 Å². The first-order valence-corrected chi connectivity index (χ1v) is 9.22. The van der Waals surface area contributed by atoms with Gasteiger partial charge in [0.25, 0.3) is 0 Å². The summed E-state index contributed by atoms with van der Waals surface area (Å²) in [5.41, 5.74) is 6.41. The molecule has 4 aromatic rings. The first-order valence-electron chi connectivity index (χ1n) is 9.22. The van der Waals surface area contributed by atoms with Crippen molar-refractivity contribution in [1.29, 1.82) is 0 Å². The second kappa shape index (κ2) is 7.56. The van der Waals surface area contributed by atoms with Gasteiger partial charge in [-0.2, -0.15) is 5.10 Å². The van der Waals surface area contributed by atoms with Crippen LogP contribution >= 0.6 is 0 Å². The maximum Gasteiger partial charge on any atom is 0.241 e. The lowest BCUT2D eigenvalue weighted by Crippen LogP contribution is -2.20. The van der Waals surface area contributed by atoms with Gasteiger partial charge in [-0.1, -0.05) is 36.4 Å². The third-order valence-corrected chi connectivity index (χ3v) is 4.88. The molecule has 5 heteroatoms. The Morgan fingerprint density at radius 2 is 1.50 bits per heavy atom. The van der Waals surface area contributed by atoms with Gasteiger partial charge in [0.1, 0.15) is 5.75 Å². The maximum atomic E-state index is 12.3. The highest BCUT2D eigenvalue weighted by Crippen LogP contribution is 2.28. The number of rotatable bonds is 5. The fraction of sp³-hybridized carbons (Fsp3) is 0.130. The molecular weight excluding hydrogens is 350 g/mol. The standard InChI is InChI=1S/C23H21N3O2/c1-16(17-10-12-18(27)13-11-17)24-25-23(28)14-15-26-21-8-4-2-6-19(21)20-7-3-5-9-22(20)26/h2-13,27H,14-15H2,1H3,(H,25,28)/b24-16+. The number of carbonyl (C=O) groups excluding carboxylic acids is 1. The number of benzene rings is 3. The molecule has 2 N–H and O–H groups in total. The number of nitrogens with zero attached hydrogens (tertiary/aromatic N) is 2. The van der Waals surface area contributed by atoms with Gasteiger partial charge < -0.3 is 9.67 Å². The van der Waals surface area contributed by atoms with Crippen molar-refractivity contribution < 1.29 is 9.90 Å². The summed E-state index contributed by atoms with van der Waals surface area (Å²) in [6.07, 6.45) is 0.328. The van der Waals surface area contributed by atoms with Crippen molar-refractivity contribution in [3.8, 4) is 5.75 Å². The number of hydrogen-bond donors (Lipinski definition) is 2. The minimum atomic E-state index is -0.139. The third kappa shape index (κ3) is 3.47. The first kappa shape index (κ1) is 17.8. The highest BCUT2D eigenvalue weighted by molar-refractivity contribution is 6.08. The summed E-state index contributed by atoms with van der Waals surface area (Å²) >= 11 is 0. The number of fused-ring (bicyclic) bond motifs is 3. The number of aromatic nitrogens is 1. The molecule has 3 aromatic carbocycles. The summed E-state index contributed by atoms with van der Waals surface area (Å²) in [6.45, 7) is 2.40. The third-order valence-electron chi connectivity index (χ3n) is 4.88. The highest BCUT2D eigenvalue weighted by atomic mass is 16.3. The van der Waals surface area contributed by atoms with Crippen molar-refractivity contribution >= 4 is 33.4 Å². The molecule has 0 radical (unpaired) electrons. The van der Waals surface area contributed by atoms with Crippen LogP contribution < -0.4 is 5.43 Å². The number of hydrogen-bond acceptors (Lipinski definition) is 3. The van der Waals surface area contributed by atoms with Gasteiger partial charge in [-0.05, 0) is 48.9 Å². The quantitative estimate of drug-likeness (QED) is 0.403. The van der Waals surface area contributed by atoms with Crippen LogP contribution in [0.2, 0.25) is 0 Å². The fourth-order valence-corrected chi connectivity index (χ4v) is 3.43. The number of nitrogens with one attached hydrogen (secondary N) is 1. The van der Waals surface area contributed by atoms with Crippen LogP contribution in [-0.4, -0.2) is 21.3 Å². The van der Waals surface area contributed by atoms with E-state index in [1.165, 1.54) is 10.8 Å². The molecule has 0 aliphatic carbocycles. The van der Waals surface area contributed by atoms with Crippen LogP contribution in [0.5, 0.6) is 5.75 Å². The van der Waals surface area contributed by atoms with Crippen LogP contribution in [0.15, 0.2) is 77.9 Å². The van der Waals surface area contributed by atoms with E-state index in [9.17, 15) is 9.90 Å². The lowest BCUT2D eigenvalue weighted by molar-refractivity contribution is -0.121. The lowest BCUT2D eigenvalue weighted by Gasteiger charge is -2.07. The molecule has 0 unspecified atom stereocenters. The average molecular weight is 371 g/mol. The zero-order valence-corrected chi connectivity index (χ0v) is 15.6. The topological polar surface area (TPSA) is 66.6 Å². The predicted octanol–water partition coefficient (Wildman–Crippen LogP) is 4.43. The van der Waals surface area contributed by atoms with Crippen molar-refractivity contribution in [2.24, 2.45) is 5.10 Å². The second-order valence-electron chi connectivity index (χ2n) is 6.72. The van der Waals surface area contributed by atoms with Gasteiger partial charge in [-0.3, -0.25) is 4.79 Å². The summed E-state index contributed by atoms with van der Waals surface area (Å²) < 4.78 is 2.18. The van der Waals surface area contributed by atoms with Crippen LogP contribution in [0, 0.1) is 0 Å². The molecule has 0 atom stereocenters. The SMILES string of the molecule is C/C(=N\NC(=O)CCn1c2ccccc2c2ccccc21)c1ccc(O)cc1. The maximum absolute atomic E-state index is 12.3. The number of carbonyl (C=O) groups is 1. The van der Waals surface area contributed by atoms with E-state index in [1.807, 2.05) is 31.2 Å². The first-order chi connectivity index (χ1) is 13.6. The van der Waals surface area contributed by atoms with E-state index in [4.69, 9.17) is 0 Å². The Morgan fingerprint density at radius 3 is 2.11 bits per heavy atom. The van der Waals surface area contributed by atoms with Gasteiger partial charge in [-0.15, -0.1) is 0 Å².